The fraction of sp³-hybridized carbons (Fsp3) is 0.647. The molecule has 1 aromatic rings. The van der Waals surface area contributed by atoms with E-state index in [1.54, 1.807) is 0 Å². The van der Waals surface area contributed by atoms with E-state index in [4.69, 9.17) is 10.5 Å². The van der Waals surface area contributed by atoms with Crippen LogP contribution < -0.4 is 5.73 Å². The minimum atomic E-state index is 0.191. The molecular weight excluding hydrogens is 328 g/mol. The third kappa shape index (κ3) is 3.34. The van der Waals surface area contributed by atoms with Gasteiger partial charge in [0.15, 0.2) is 0 Å². The summed E-state index contributed by atoms with van der Waals surface area (Å²) in [5.41, 5.74) is 8.25. The second-order valence-corrected chi connectivity index (χ2v) is 7.26. The summed E-state index contributed by atoms with van der Waals surface area (Å²) in [5.74, 6) is 0. The van der Waals surface area contributed by atoms with Gasteiger partial charge in [0.05, 0.1) is 13.2 Å². The average Bonchev–Trinajstić information content (AvgIpc) is 3.01. The fourth-order valence-electron chi connectivity index (χ4n) is 3.98. The molecule has 2 N–H and O–H groups in total. The van der Waals surface area contributed by atoms with Gasteiger partial charge in [0.1, 0.15) is 0 Å². The first-order valence-electron chi connectivity index (χ1n) is 8.03. The van der Waals surface area contributed by atoms with Crippen LogP contribution in [0.15, 0.2) is 28.7 Å². The highest BCUT2D eigenvalue weighted by atomic mass is 79.9. The number of rotatable bonds is 4. The molecule has 0 amide bonds. The lowest BCUT2D eigenvalue weighted by Crippen LogP contribution is -2.61. The van der Waals surface area contributed by atoms with Gasteiger partial charge in [-0.2, -0.15) is 0 Å². The number of nitrogens with zero attached hydrogens (tertiary/aromatic N) is 1. The van der Waals surface area contributed by atoms with Crippen molar-refractivity contribution in [2.45, 2.75) is 43.7 Å². The van der Waals surface area contributed by atoms with Gasteiger partial charge in [-0.15, -0.1) is 0 Å². The van der Waals surface area contributed by atoms with Crippen LogP contribution in [0.4, 0.5) is 0 Å². The molecule has 0 bridgehead atoms. The van der Waals surface area contributed by atoms with Gasteiger partial charge in [-0.05, 0) is 37.0 Å². The molecule has 1 heterocycles. The summed E-state index contributed by atoms with van der Waals surface area (Å²) < 4.78 is 6.66. The minimum Gasteiger partial charge on any atom is -0.379 e. The van der Waals surface area contributed by atoms with Crippen LogP contribution in [0.2, 0.25) is 0 Å². The first-order valence-corrected chi connectivity index (χ1v) is 8.83. The van der Waals surface area contributed by atoms with Crippen LogP contribution in [0.25, 0.3) is 0 Å². The molecule has 2 fully saturated rings. The van der Waals surface area contributed by atoms with E-state index in [-0.39, 0.29) is 11.6 Å². The fourth-order valence-corrected chi connectivity index (χ4v) is 4.25. The Morgan fingerprint density at radius 1 is 1.14 bits per heavy atom. The van der Waals surface area contributed by atoms with E-state index in [1.165, 1.54) is 31.2 Å². The number of hydrogen-bond acceptors (Lipinski definition) is 3. The molecule has 1 saturated heterocycles. The van der Waals surface area contributed by atoms with Gasteiger partial charge in [-0.25, -0.2) is 0 Å². The van der Waals surface area contributed by atoms with Crippen LogP contribution in [0.3, 0.4) is 0 Å². The van der Waals surface area contributed by atoms with Crippen molar-refractivity contribution in [1.29, 1.82) is 0 Å². The molecule has 0 spiro atoms. The molecule has 1 aliphatic carbocycles. The molecule has 1 aromatic carbocycles. The zero-order valence-corrected chi connectivity index (χ0v) is 14.1. The van der Waals surface area contributed by atoms with Gasteiger partial charge in [-0.3, -0.25) is 4.90 Å². The molecule has 4 heteroatoms. The first-order chi connectivity index (χ1) is 10.2. The second kappa shape index (κ2) is 6.78. The molecular formula is C17H25BrN2O. The molecule has 1 unspecified atom stereocenters. The maximum absolute atomic E-state index is 6.72. The van der Waals surface area contributed by atoms with Crippen molar-refractivity contribution in [2.75, 3.05) is 26.3 Å². The van der Waals surface area contributed by atoms with Crippen LogP contribution in [0.5, 0.6) is 0 Å². The third-order valence-electron chi connectivity index (χ3n) is 5.17. The SMILES string of the molecule is NC(Cc1ccc(Br)cc1)C1(N2CCOCC2)CCCC1. The molecule has 0 radical (unpaired) electrons. The van der Waals surface area contributed by atoms with Crippen molar-refractivity contribution < 1.29 is 4.74 Å². The van der Waals surface area contributed by atoms with Crippen molar-refractivity contribution in [1.82, 2.24) is 4.90 Å². The molecule has 2 aliphatic rings. The van der Waals surface area contributed by atoms with E-state index < -0.39 is 0 Å². The van der Waals surface area contributed by atoms with Crippen LogP contribution >= 0.6 is 15.9 Å². The maximum atomic E-state index is 6.72. The zero-order chi connectivity index (χ0) is 14.7. The Balaban J connectivity index is 1.74. The first kappa shape index (κ1) is 15.5. The summed E-state index contributed by atoms with van der Waals surface area (Å²) in [6.45, 7) is 3.78. The molecule has 0 aromatic heterocycles. The lowest BCUT2D eigenvalue weighted by molar-refractivity contribution is -0.0305. The summed E-state index contributed by atoms with van der Waals surface area (Å²) in [5, 5.41) is 0. The van der Waals surface area contributed by atoms with Crippen molar-refractivity contribution in [3.63, 3.8) is 0 Å². The minimum absolute atomic E-state index is 0.191. The Bertz CT molecular complexity index is 450. The van der Waals surface area contributed by atoms with Crippen molar-refractivity contribution >= 4 is 15.9 Å². The highest BCUT2D eigenvalue weighted by molar-refractivity contribution is 9.10. The van der Waals surface area contributed by atoms with Gasteiger partial charge >= 0.3 is 0 Å². The molecule has 21 heavy (non-hydrogen) atoms. The quantitative estimate of drug-likeness (QED) is 0.905. The third-order valence-corrected chi connectivity index (χ3v) is 5.70. The van der Waals surface area contributed by atoms with Gasteiger partial charge < -0.3 is 10.5 Å². The van der Waals surface area contributed by atoms with E-state index in [0.717, 1.165) is 37.2 Å². The molecule has 3 nitrogen and oxygen atoms in total. The van der Waals surface area contributed by atoms with Crippen molar-refractivity contribution in [3.05, 3.63) is 34.3 Å². The summed E-state index contributed by atoms with van der Waals surface area (Å²) in [7, 11) is 0. The Labute approximate surface area is 136 Å². The predicted octanol–water partition coefficient (Wildman–Crippen LogP) is 2.96. The smallest absolute Gasteiger partial charge is 0.0594 e. The topological polar surface area (TPSA) is 38.5 Å². The van der Waals surface area contributed by atoms with Crippen molar-refractivity contribution in [2.24, 2.45) is 5.73 Å². The Morgan fingerprint density at radius 3 is 2.38 bits per heavy atom. The monoisotopic (exact) mass is 352 g/mol. The highest BCUT2D eigenvalue weighted by Gasteiger charge is 2.44. The van der Waals surface area contributed by atoms with Gasteiger partial charge in [0, 0.05) is 29.1 Å². The number of halogens is 1. The van der Waals surface area contributed by atoms with Crippen LogP contribution in [-0.4, -0.2) is 42.8 Å². The standard InChI is InChI=1S/C17H25BrN2O/c18-15-5-3-14(4-6-15)13-16(19)17(7-1-2-8-17)20-9-11-21-12-10-20/h3-6,16H,1-2,7-13,19H2. The number of benzene rings is 1. The molecule has 3 rings (SSSR count). The van der Waals surface area contributed by atoms with E-state index in [2.05, 4.69) is 45.1 Å². The summed E-state index contributed by atoms with van der Waals surface area (Å²) in [6, 6.07) is 8.80. The van der Waals surface area contributed by atoms with Crippen molar-refractivity contribution in [3.8, 4) is 0 Å². The lowest BCUT2D eigenvalue weighted by atomic mass is 9.82. The summed E-state index contributed by atoms with van der Waals surface area (Å²) >= 11 is 3.50. The molecule has 116 valence electrons. The van der Waals surface area contributed by atoms with E-state index in [0.29, 0.717) is 0 Å². The van der Waals surface area contributed by atoms with Gasteiger partial charge in [0.25, 0.3) is 0 Å². The van der Waals surface area contributed by atoms with Gasteiger partial charge in [-0.1, -0.05) is 40.9 Å². The molecule has 1 aliphatic heterocycles. The van der Waals surface area contributed by atoms with Gasteiger partial charge in [0.2, 0.25) is 0 Å². The van der Waals surface area contributed by atoms with Crippen LogP contribution in [0, 0.1) is 0 Å². The lowest BCUT2D eigenvalue weighted by Gasteiger charge is -2.47. The number of ether oxygens (including phenoxy) is 1. The average molecular weight is 353 g/mol. The number of nitrogens with two attached hydrogens (primary N) is 1. The zero-order valence-electron chi connectivity index (χ0n) is 12.6. The van der Waals surface area contributed by atoms with E-state index in [9.17, 15) is 0 Å². The summed E-state index contributed by atoms with van der Waals surface area (Å²) in [6.07, 6.45) is 6.07. The Morgan fingerprint density at radius 2 is 1.76 bits per heavy atom. The molecule has 1 saturated carbocycles. The normalized spacial score (nSPS) is 24.1. The number of morpholine rings is 1. The number of hydrogen-bond donors (Lipinski definition) is 1. The Hall–Kier alpha value is -0.420. The second-order valence-electron chi connectivity index (χ2n) is 6.35. The largest absolute Gasteiger partial charge is 0.379 e. The van der Waals surface area contributed by atoms with Crippen LogP contribution in [0.1, 0.15) is 31.2 Å². The highest BCUT2D eigenvalue weighted by Crippen LogP contribution is 2.39. The van der Waals surface area contributed by atoms with Crippen LogP contribution in [-0.2, 0) is 11.2 Å². The van der Waals surface area contributed by atoms with E-state index >= 15 is 0 Å². The molecule has 1 atom stereocenters. The Kier molecular flexibility index (Phi) is 4.99. The van der Waals surface area contributed by atoms with E-state index in [1.807, 2.05) is 0 Å². The summed E-state index contributed by atoms with van der Waals surface area (Å²) in [4.78, 5) is 2.62. The predicted molar refractivity (Wildman–Crippen MR) is 89.4 cm³/mol. The maximum Gasteiger partial charge on any atom is 0.0594 e.